The van der Waals surface area contributed by atoms with Crippen LogP contribution in [0.2, 0.25) is 5.02 Å². The minimum Gasteiger partial charge on any atom is -0.334 e. The average Bonchev–Trinajstić information content (AvgIpc) is 2.89. The first-order valence-electron chi connectivity index (χ1n) is 7.82. The standard InChI is InChI=1S/C17H17ClN4O/c18-12-3-1-11(2-4-12)8-20-17(23)22-13-5-6-16(22)14-9-19-10-21-15(14)7-13/h1-4,9-10,13,16H,5-8H2,(H,20,23). The van der Waals surface area contributed by atoms with Gasteiger partial charge in [-0.1, -0.05) is 23.7 Å². The molecule has 0 aliphatic carbocycles. The maximum absolute atomic E-state index is 12.7. The molecule has 2 unspecified atom stereocenters. The Hall–Kier alpha value is -2.14. The highest BCUT2D eigenvalue weighted by molar-refractivity contribution is 6.30. The van der Waals surface area contributed by atoms with Gasteiger partial charge in [0.2, 0.25) is 0 Å². The molecule has 2 amide bonds. The number of urea groups is 1. The predicted molar refractivity (Wildman–Crippen MR) is 87.0 cm³/mol. The smallest absolute Gasteiger partial charge is 0.318 e. The van der Waals surface area contributed by atoms with Crippen LogP contribution in [0, 0.1) is 0 Å². The van der Waals surface area contributed by atoms with Crippen molar-refractivity contribution in [3.05, 3.63) is 58.6 Å². The minimum atomic E-state index is -0.0121. The van der Waals surface area contributed by atoms with Gasteiger partial charge in [-0.15, -0.1) is 0 Å². The van der Waals surface area contributed by atoms with E-state index in [2.05, 4.69) is 15.3 Å². The third-order valence-electron chi connectivity index (χ3n) is 4.71. The van der Waals surface area contributed by atoms with Gasteiger partial charge in [0.05, 0.1) is 11.7 Å². The minimum absolute atomic E-state index is 0.0121. The summed E-state index contributed by atoms with van der Waals surface area (Å²) in [5.74, 6) is 0. The summed E-state index contributed by atoms with van der Waals surface area (Å²) in [4.78, 5) is 23.1. The lowest BCUT2D eigenvalue weighted by Crippen LogP contribution is -2.47. The monoisotopic (exact) mass is 328 g/mol. The van der Waals surface area contributed by atoms with Crippen LogP contribution in [0.15, 0.2) is 36.8 Å². The van der Waals surface area contributed by atoms with Crippen LogP contribution in [-0.4, -0.2) is 26.9 Å². The van der Waals surface area contributed by atoms with Crippen molar-refractivity contribution in [3.63, 3.8) is 0 Å². The predicted octanol–water partition coefficient (Wildman–Crippen LogP) is 3.10. The zero-order chi connectivity index (χ0) is 15.8. The van der Waals surface area contributed by atoms with Crippen molar-refractivity contribution >= 4 is 17.6 Å². The van der Waals surface area contributed by atoms with E-state index in [-0.39, 0.29) is 18.1 Å². The van der Waals surface area contributed by atoms with Gasteiger partial charge in [0.15, 0.2) is 0 Å². The highest BCUT2D eigenvalue weighted by Crippen LogP contribution is 2.42. The largest absolute Gasteiger partial charge is 0.334 e. The van der Waals surface area contributed by atoms with E-state index in [1.54, 1.807) is 6.33 Å². The summed E-state index contributed by atoms with van der Waals surface area (Å²) in [5, 5.41) is 3.72. The van der Waals surface area contributed by atoms with Crippen LogP contribution in [0.1, 0.15) is 35.7 Å². The Kier molecular flexibility index (Phi) is 3.65. The van der Waals surface area contributed by atoms with Crippen LogP contribution < -0.4 is 5.32 Å². The number of carbonyl (C=O) groups is 1. The van der Waals surface area contributed by atoms with E-state index in [0.717, 1.165) is 36.1 Å². The maximum atomic E-state index is 12.7. The molecule has 1 aromatic carbocycles. The molecule has 0 radical (unpaired) electrons. The van der Waals surface area contributed by atoms with Crippen molar-refractivity contribution in [2.24, 2.45) is 0 Å². The lowest BCUT2D eigenvalue weighted by atomic mass is 10.00. The van der Waals surface area contributed by atoms with E-state index in [1.165, 1.54) is 0 Å². The third-order valence-corrected chi connectivity index (χ3v) is 4.96. The summed E-state index contributed by atoms with van der Waals surface area (Å²) in [7, 11) is 0. The molecule has 23 heavy (non-hydrogen) atoms. The van der Waals surface area contributed by atoms with E-state index in [4.69, 9.17) is 11.6 Å². The molecule has 1 aromatic heterocycles. The third kappa shape index (κ3) is 2.65. The molecular weight excluding hydrogens is 312 g/mol. The molecular formula is C17H17ClN4O. The lowest BCUT2D eigenvalue weighted by Gasteiger charge is -2.35. The van der Waals surface area contributed by atoms with Gasteiger partial charge in [-0.2, -0.15) is 0 Å². The Morgan fingerprint density at radius 2 is 2.13 bits per heavy atom. The molecule has 2 bridgehead atoms. The molecule has 2 atom stereocenters. The second-order valence-electron chi connectivity index (χ2n) is 6.07. The molecule has 1 fully saturated rings. The zero-order valence-corrected chi connectivity index (χ0v) is 13.3. The van der Waals surface area contributed by atoms with Gasteiger partial charge in [-0.3, -0.25) is 0 Å². The van der Waals surface area contributed by atoms with Gasteiger partial charge in [0, 0.05) is 35.8 Å². The maximum Gasteiger partial charge on any atom is 0.318 e. The average molecular weight is 329 g/mol. The van der Waals surface area contributed by atoms with Gasteiger partial charge < -0.3 is 10.2 Å². The molecule has 118 valence electrons. The summed E-state index contributed by atoms with van der Waals surface area (Å²) in [6, 6.07) is 7.86. The fourth-order valence-electron chi connectivity index (χ4n) is 3.61. The number of halogens is 1. The first kappa shape index (κ1) is 14.5. The second kappa shape index (κ2) is 5.81. The number of aromatic nitrogens is 2. The highest BCUT2D eigenvalue weighted by Gasteiger charge is 2.43. The molecule has 3 heterocycles. The molecule has 1 N–H and O–H groups in total. The summed E-state index contributed by atoms with van der Waals surface area (Å²) in [6.07, 6.45) is 6.28. The number of amides is 2. The van der Waals surface area contributed by atoms with Crippen LogP contribution in [0.25, 0.3) is 0 Å². The number of carbonyl (C=O) groups excluding carboxylic acids is 1. The van der Waals surface area contributed by atoms with Gasteiger partial charge in [0.1, 0.15) is 6.33 Å². The molecule has 6 heteroatoms. The van der Waals surface area contributed by atoms with Crippen LogP contribution in [0.5, 0.6) is 0 Å². The summed E-state index contributed by atoms with van der Waals surface area (Å²) in [5.41, 5.74) is 3.23. The van der Waals surface area contributed by atoms with Crippen LogP contribution >= 0.6 is 11.6 Å². The highest BCUT2D eigenvalue weighted by atomic mass is 35.5. The van der Waals surface area contributed by atoms with Crippen molar-refractivity contribution in [2.75, 3.05) is 0 Å². The molecule has 2 aromatic rings. The van der Waals surface area contributed by atoms with Crippen LogP contribution in [0.3, 0.4) is 0 Å². The number of hydrogen-bond acceptors (Lipinski definition) is 3. The van der Waals surface area contributed by atoms with Crippen LogP contribution in [0.4, 0.5) is 4.79 Å². The molecule has 2 aliphatic rings. The van der Waals surface area contributed by atoms with E-state index in [1.807, 2.05) is 35.4 Å². The Labute approximate surface area is 139 Å². The fraction of sp³-hybridized carbons (Fsp3) is 0.353. The van der Waals surface area contributed by atoms with Gasteiger partial charge in [-0.25, -0.2) is 14.8 Å². The van der Waals surface area contributed by atoms with E-state index < -0.39 is 0 Å². The Morgan fingerprint density at radius 3 is 2.96 bits per heavy atom. The fourth-order valence-corrected chi connectivity index (χ4v) is 3.73. The number of fused-ring (bicyclic) bond motifs is 4. The number of hydrogen-bond donors (Lipinski definition) is 1. The van der Waals surface area contributed by atoms with Crippen molar-refractivity contribution in [3.8, 4) is 0 Å². The molecule has 0 spiro atoms. The van der Waals surface area contributed by atoms with Gasteiger partial charge in [-0.05, 0) is 30.5 Å². The van der Waals surface area contributed by atoms with E-state index >= 15 is 0 Å². The first-order valence-corrected chi connectivity index (χ1v) is 8.19. The molecule has 4 rings (SSSR count). The number of rotatable bonds is 2. The Morgan fingerprint density at radius 1 is 1.30 bits per heavy atom. The topological polar surface area (TPSA) is 58.1 Å². The molecule has 5 nitrogen and oxygen atoms in total. The summed E-state index contributed by atoms with van der Waals surface area (Å²) < 4.78 is 0. The van der Waals surface area contributed by atoms with Gasteiger partial charge >= 0.3 is 6.03 Å². The van der Waals surface area contributed by atoms with Crippen molar-refractivity contribution in [1.82, 2.24) is 20.2 Å². The molecule has 1 saturated heterocycles. The van der Waals surface area contributed by atoms with Crippen LogP contribution in [-0.2, 0) is 13.0 Å². The normalized spacial score (nSPS) is 21.9. The lowest BCUT2D eigenvalue weighted by molar-refractivity contribution is 0.164. The number of nitrogens with zero attached hydrogens (tertiary/aromatic N) is 3. The SMILES string of the molecule is O=C(NCc1ccc(Cl)cc1)N1C2CCC1c1cncnc1C2. The molecule has 2 aliphatic heterocycles. The summed E-state index contributed by atoms with van der Waals surface area (Å²) in [6.45, 7) is 0.504. The van der Waals surface area contributed by atoms with E-state index in [9.17, 15) is 4.79 Å². The van der Waals surface area contributed by atoms with Crippen molar-refractivity contribution < 1.29 is 4.79 Å². The Bertz CT molecular complexity index is 734. The van der Waals surface area contributed by atoms with Crippen molar-refractivity contribution in [1.29, 1.82) is 0 Å². The number of nitrogens with one attached hydrogen (secondary N) is 1. The Balaban J connectivity index is 1.48. The zero-order valence-electron chi connectivity index (χ0n) is 12.6. The first-order chi connectivity index (χ1) is 11.2. The van der Waals surface area contributed by atoms with Crippen molar-refractivity contribution in [2.45, 2.75) is 37.9 Å². The quantitative estimate of drug-likeness (QED) is 0.921. The summed E-state index contributed by atoms with van der Waals surface area (Å²) >= 11 is 5.88. The molecule has 0 saturated carbocycles. The van der Waals surface area contributed by atoms with E-state index in [0.29, 0.717) is 11.6 Å². The van der Waals surface area contributed by atoms with Gasteiger partial charge in [0.25, 0.3) is 0 Å². The number of benzene rings is 1. The second-order valence-corrected chi connectivity index (χ2v) is 6.50.